The molecular weight excluding hydrogens is 223 g/mol. The van der Waals surface area contributed by atoms with Gasteiger partial charge < -0.3 is 0 Å². The van der Waals surface area contributed by atoms with E-state index in [9.17, 15) is 0 Å². The first kappa shape index (κ1) is 14.7. The first-order chi connectivity index (χ1) is 8.36. The van der Waals surface area contributed by atoms with Crippen molar-refractivity contribution in [3.05, 3.63) is 29.8 Å². The lowest BCUT2D eigenvalue weighted by Gasteiger charge is -2.04. The molecule has 1 heteroatoms. The highest BCUT2D eigenvalue weighted by atomic mass is 31.1. The second kappa shape index (κ2) is 9.66. The van der Waals surface area contributed by atoms with Crippen LogP contribution in [0.5, 0.6) is 0 Å². The van der Waals surface area contributed by atoms with Gasteiger partial charge in [0, 0.05) is 0 Å². The maximum Gasteiger partial charge on any atom is -0.0271 e. The van der Waals surface area contributed by atoms with Crippen LogP contribution in [0.1, 0.15) is 57.9 Å². The van der Waals surface area contributed by atoms with E-state index in [4.69, 9.17) is 0 Å². The minimum Gasteiger partial charge on any atom is -0.0904 e. The van der Waals surface area contributed by atoms with Crippen LogP contribution >= 0.6 is 8.58 Å². The molecule has 0 saturated carbocycles. The smallest absolute Gasteiger partial charge is 0.0271 e. The van der Waals surface area contributed by atoms with Gasteiger partial charge in [-0.05, 0) is 36.3 Å². The zero-order chi connectivity index (χ0) is 12.3. The van der Waals surface area contributed by atoms with E-state index < -0.39 is 0 Å². The Morgan fingerprint density at radius 2 is 1.53 bits per heavy atom. The van der Waals surface area contributed by atoms with Gasteiger partial charge in [0.15, 0.2) is 0 Å². The van der Waals surface area contributed by atoms with E-state index in [0.717, 1.165) is 8.58 Å². The second-order valence-corrected chi connectivity index (χ2v) is 6.22. The number of hydrogen-bond acceptors (Lipinski definition) is 0. The van der Waals surface area contributed by atoms with Crippen molar-refractivity contribution < 1.29 is 0 Å². The third kappa shape index (κ3) is 6.84. The summed E-state index contributed by atoms with van der Waals surface area (Å²) < 4.78 is 0. The molecule has 17 heavy (non-hydrogen) atoms. The summed E-state index contributed by atoms with van der Waals surface area (Å²) in [7, 11) is 1.01. The summed E-state index contributed by atoms with van der Waals surface area (Å²) in [6.45, 7) is 4.53. The van der Waals surface area contributed by atoms with Gasteiger partial charge in [0.25, 0.3) is 0 Å². The average molecular weight is 250 g/mol. The Morgan fingerprint density at radius 3 is 2.18 bits per heavy atom. The number of benzene rings is 1. The molecule has 0 aromatic heterocycles. The van der Waals surface area contributed by atoms with E-state index in [1.165, 1.54) is 56.7 Å². The van der Waals surface area contributed by atoms with E-state index >= 15 is 0 Å². The second-order valence-electron chi connectivity index (χ2n) is 4.79. The lowest BCUT2D eigenvalue weighted by molar-refractivity contribution is 0.706. The minimum absolute atomic E-state index is 1.01. The molecule has 0 aliphatic rings. The van der Waals surface area contributed by atoms with E-state index in [2.05, 4.69) is 38.1 Å². The third-order valence-corrected chi connectivity index (χ3v) is 4.48. The van der Waals surface area contributed by atoms with Crippen molar-refractivity contribution >= 4 is 13.9 Å². The molecule has 0 radical (unpaired) electrons. The molecule has 0 heterocycles. The zero-order valence-electron chi connectivity index (χ0n) is 11.5. The predicted molar refractivity (Wildman–Crippen MR) is 82.0 cm³/mol. The van der Waals surface area contributed by atoms with Gasteiger partial charge in [-0.3, -0.25) is 0 Å². The van der Waals surface area contributed by atoms with E-state index in [-0.39, 0.29) is 0 Å². The fraction of sp³-hybridized carbons (Fsp3) is 0.625. The predicted octanol–water partition coefficient (Wildman–Crippen LogP) is 4.91. The summed E-state index contributed by atoms with van der Waals surface area (Å²) in [5, 5.41) is 1.54. The van der Waals surface area contributed by atoms with Gasteiger partial charge in [-0.1, -0.05) is 72.4 Å². The Labute approximate surface area is 109 Å². The van der Waals surface area contributed by atoms with Gasteiger partial charge in [-0.15, -0.1) is 0 Å². The molecule has 0 N–H and O–H groups in total. The molecule has 1 aromatic carbocycles. The molecule has 0 aliphatic carbocycles. The fourth-order valence-corrected chi connectivity index (χ4v) is 3.07. The molecular formula is C16H27P. The normalized spacial score (nSPS) is 11.4. The van der Waals surface area contributed by atoms with Gasteiger partial charge >= 0.3 is 0 Å². The topological polar surface area (TPSA) is 0 Å². The lowest BCUT2D eigenvalue weighted by Crippen LogP contribution is -1.96. The molecule has 96 valence electrons. The van der Waals surface area contributed by atoms with Gasteiger partial charge in [-0.2, -0.15) is 0 Å². The van der Waals surface area contributed by atoms with Crippen LogP contribution < -0.4 is 5.30 Å². The average Bonchev–Trinajstić information content (AvgIpc) is 2.37. The van der Waals surface area contributed by atoms with Crippen LogP contribution in [-0.2, 0) is 6.42 Å². The largest absolute Gasteiger partial charge is 0.0904 e. The van der Waals surface area contributed by atoms with E-state index in [0.29, 0.717) is 0 Å². The highest BCUT2D eigenvalue weighted by molar-refractivity contribution is 7.47. The van der Waals surface area contributed by atoms with Gasteiger partial charge in [0.05, 0.1) is 0 Å². The molecule has 0 nitrogen and oxygen atoms in total. The monoisotopic (exact) mass is 250 g/mol. The van der Waals surface area contributed by atoms with Crippen LogP contribution in [0.3, 0.4) is 0 Å². The standard InChI is InChI=1S/C16H27P/c1-3-5-7-8-14-17-16-12-10-15(11-13-16)9-6-4-2/h10-13,17H,3-9,14H2,1-2H3. The Morgan fingerprint density at radius 1 is 0.824 bits per heavy atom. The Balaban J connectivity index is 2.20. The summed E-state index contributed by atoms with van der Waals surface area (Å²) in [6.07, 6.45) is 10.8. The van der Waals surface area contributed by atoms with Crippen LogP contribution in [0.4, 0.5) is 0 Å². The van der Waals surface area contributed by atoms with Crippen molar-refractivity contribution in [1.82, 2.24) is 0 Å². The van der Waals surface area contributed by atoms with Crippen LogP contribution in [0.25, 0.3) is 0 Å². The highest BCUT2D eigenvalue weighted by Gasteiger charge is 1.95. The molecule has 0 saturated heterocycles. The number of aryl methyl sites for hydroxylation is 1. The molecule has 0 amide bonds. The molecule has 0 bridgehead atoms. The molecule has 1 rings (SSSR count). The number of hydrogen-bond donors (Lipinski definition) is 0. The molecule has 1 unspecified atom stereocenters. The van der Waals surface area contributed by atoms with Crippen molar-refractivity contribution in [3.8, 4) is 0 Å². The molecule has 0 spiro atoms. The third-order valence-electron chi connectivity index (χ3n) is 3.13. The minimum atomic E-state index is 1.01. The summed E-state index contributed by atoms with van der Waals surface area (Å²) in [5.41, 5.74) is 1.51. The number of unbranched alkanes of at least 4 members (excludes halogenated alkanes) is 4. The van der Waals surface area contributed by atoms with Crippen molar-refractivity contribution in [2.45, 2.75) is 58.8 Å². The van der Waals surface area contributed by atoms with Crippen LogP contribution in [0.15, 0.2) is 24.3 Å². The van der Waals surface area contributed by atoms with Crippen LogP contribution in [0, 0.1) is 0 Å². The van der Waals surface area contributed by atoms with Gasteiger partial charge in [0.1, 0.15) is 0 Å². The van der Waals surface area contributed by atoms with Crippen LogP contribution in [-0.4, -0.2) is 6.16 Å². The highest BCUT2D eigenvalue weighted by Crippen LogP contribution is 2.15. The lowest BCUT2D eigenvalue weighted by atomic mass is 10.1. The summed E-state index contributed by atoms with van der Waals surface area (Å²) in [6, 6.07) is 9.32. The molecule has 0 aliphatic heterocycles. The quantitative estimate of drug-likeness (QED) is 0.431. The molecule has 1 atom stereocenters. The Bertz CT molecular complexity index is 276. The van der Waals surface area contributed by atoms with Crippen molar-refractivity contribution in [2.75, 3.05) is 6.16 Å². The van der Waals surface area contributed by atoms with Crippen LogP contribution in [0.2, 0.25) is 0 Å². The maximum absolute atomic E-state index is 2.34. The fourth-order valence-electron chi connectivity index (χ4n) is 1.95. The first-order valence-corrected chi connectivity index (χ1v) is 8.40. The summed E-state index contributed by atoms with van der Waals surface area (Å²) >= 11 is 0. The zero-order valence-corrected chi connectivity index (χ0v) is 12.5. The summed E-state index contributed by atoms with van der Waals surface area (Å²) in [5.74, 6) is 0. The van der Waals surface area contributed by atoms with Gasteiger partial charge in [-0.25, -0.2) is 0 Å². The Kier molecular flexibility index (Phi) is 8.36. The maximum atomic E-state index is 2.34. The van der Waals surface area contributed by atoms with Gasteiger partial charge in [0.2, 0.25) is 0 Å². The van der Waals surface area contributed by atoms with Crippen molar-refractivity contribution in [1.29, 1.82) is 0 Å². The van der Waals surface area contributed by atoms with Crippen molar-refractivity contribution in [3.63, 3.8) is 0 Å². The van der Waals surface area contributed by atoms with E-state index in [1.807, 2.05) is 0 Å². The molecule has 0 fully saturated rings. The first-order valence-electron chi connectivity index (χ1n) is 7.19. The number of rotatable bonds is 9. The molecule has 1 aromatic rings. The SMILES string of the molecule is CCCCCCPc1ccc(CCCC)cc1. The van der Waals surface area contributed by atoms with Crippen molar-refractivity contribution in [2.24, 2.45) is 0 Å². The van der Waals surface area contributed by atoms with E-state index in [1.54, 1.807) is 5.30 Å². The Hall–Kier alpha value is -0.350. The summed E-state index contributed by atoms with van der Waals surface area (Å²) in [4.78, 5) is 0.